The van der Waals surface area contributed by atoms with Crippen molar-refractivity contribution in [2.75, 3.05) is 6.61 Å². The van der Waals surface area contributed by atoms with Crippen molar-refractivity contribution < 1.29 is 14.7 Å². The van der Waals surface area contributed by atoms with Gasteiger partial charge in [-0.15, -0.1) is 11.3 Å². The van der Waals surface area contributed by atoms with Crippen molar-refractivity contribution in [1.29, 1.82) is 0 Å². The lowest BCUT2D eigenvalue weighted by Crippen LogP contribution is -2.30. The number of aliphatic hydroxyl groups is 1. The lowest BCUT2D eigenvalue weighted by molar-refractivity contribution is -0.127. The normalized spacial score (nSPS) is 17.6. The fourth-order valence-electron chi connectivity index (χ4n) is 2.10. The van der Waals surface area contributed by atoms with Crippen molar-refractivity contribution in [2.24, 2.45) is 0 Å². The van der Waals surface area contributed by atoms with Gasteiger partial charge in [-0.25, -0.2) is 4.79 Å². The van der Waals surface area contributed by atoms with Crippen LogP contribution in [0.1, 0.15) is 35.9 Å². The number of urea groups is 1. The largest absolute Gasteiger partial charge is 0.395 e. The number of hydrogen-bond acceptors (Lipinski definition) is 4. The third-order valence-corrected chi connectivity index (χ3v) is 4.09. The molecule has 21 heavy (non-hydrogen) atoms. The summed E-state index contributed by atoms with van der Waals surface area (Å²) < 4.78 is 0. The number of rotatable bonds is 5. The van der Waals surface area contributed by atoms with Gasteiger partial charge in [0.05, 0.1) is 18.0 Å². The molecule has 1 atom stereocenters. The van der Waals surface area contributed by atoms with Gasteiger partial charge >= 0.3 is 6.03 Å². The van der Waals surface area contributed by atoms with Crippen molar-refractivity contribution in [3.63, 3.8) is 0 Å². The lowest BCUT2D eigenvalue weighted by atomic mass is 10.2. The van der Waals surface area contributed by atoms with Gasteiger partial charge in [0.1, 0.15) is 6.04 Å². The molecule has 3 amide bonds. The van der Waals surface area contributed by atoms with E-state index in [2.05, 4.69) is 17.2 Å². The van der Waals surface area contributed by atoms with Crippen molar-refractivity contribution in [3.8, 4) is 11.8 Å². The number of carbonyl (C=O) groups is 2. The molecule has 1 saturated heterocycles. The van der Waals surface area contributed by atoms with Crippen LogP contribution < -0.4 is 5.32 Å². The minimum absolute atomic E-state index is 0.0481. The number of imide groups is 1. The summed E-state index contributed by atoms with van der Waals surface area (Å²) in [5.41, 5.74) is 0. The van der Waals surface area contributed by atoms with E-state index < -0.39 is 0 Å². The van der Waals surface area contributed by atoms with Crippen molar-refractivity contribution >= 4 is 23.3 Å². The van der Waals surface area contributed by atoms with Gasteiger partial charge in [-0.3, -0.25) is 9.69 Å². The molecule has 2 N–H and O–H groups in total. The minimum Gasteiger partial charge on any atom is -0.395 e. The molecule has 1 aliphatic rings. The number of hydrogen-bond donors (Lipinski definition) is 2. The fourth-order valence-corrected chi connectivity index (χ4v) is 2.97. The van der Waals surface area contributed by atoms with Crippen molar-refractivity contribution in [3.05, 3.63) is 21.9 Å². The van der Waals surface area contributed by atoms with Crippen LogP contribution in [0.15, 0.2) is 12.1 Å². The number of nitrogens with zero attached hydrogens (tertiary/aromatic N) is 1. The number of thiophene rings is 1. The average Bonchev–Trinajstić information content (AvgIpc) is 3.00. The van der Waals surface area contributed by atoms with E-state index in [0.29, 0.717) is 12.8 Å². The smallest absolute Gasteiger partial charge is 0.325 e. The molecule has 1 aliphatic heterocycles. The molecule has 6 heteroatoms. The number of nitrogens with one attached hydrogen (secondary N) is 1. The van der Waals surface area contributed by atoms with E-state index in [9.17, 15) is 9.59 Å². The number of carbonyl (C=O) groups excluding carboxylic acids is 2. The van der Waals surface area contributed by atoms with E-state index in [-0.39, 0.29) is 31.1 Å². The summed E-state index contributed by atoms with van der Waals surface area (Å²) in [4.78, 5) is 27.0. The van der Waals surface area contributed by atoms with E-state index in [0.717, 1.165) is 16.2 Å². The standard InChI is InChI=1S/C15H18N2O3S/c1-2-5-13-14(19)17(15(20)16-13)10-12-8-7-11(21-12)6-3-4-9-18/h7-8,13,18H,2,4-5,9-10H2,1H3,(H,16,20). The van der Waals surface area contributed by atoms with E-state index in [1.54, 1.807) is 0 Å². The number of amides is 3. The fraction of sp³-hybridized carbons (Fsp3) is 0.467. The van der Waals surface area contributed by atoms with Crippen molar-refractivity contribution in [1.82, 2.24) is 10.2 Å². The maximum absolute atomic E-state index is 12.1. The van der Waals surface area contributed by atoms with Gasteiger partial charge in [0.25, 0.3) is 5.91 Å². The van der Waals surface area contributed by atoms with Gasteiger partial charge in [-0.1, -0.05) is 25.2 Å². The van der Waals surface area contributed by atoms with Gasteiger partial charge in [0, 0.05) is 11.3 Å². The Hall–Kier alpha value is -1.84. The van der Waals surface area contributed by atoms with Gasteiger partial charge in [0.2, 0.25) is 0 Å². The second kappa shape index (κ2) is 7.25. The lowest BCUT2D eigenvalue weighted by Gasteiger charge is -2.11. The molecule has 112 valence electrons. The SMILES string of the molecule is CCCC1NC(=O)N(Cc2ccc(C#CCCO)s2)C1=O. The average molecular weight is 306 g/mol. The van der Waals surface area contributed by atoms with Crippen LogP contribution in [0.5, 0.6) is 0 Å². The highest BCUT2D eigenvalue weighted by molar-refractivity contribution is 7.12. The maximum atomic E-state index is 12.1. The molecule has 2 rings (SSSR count). The molecule has 1 fully saturated rings. The van der Waals surface area contributed by atoms with E-state index >= 15 is 0 Å². The second-order valence-electron chi connectivity index (χ2n) is 4.76. The van der Waals surface area contributed by atoms with Crippen LogP contribution in [0.4, 0.5) is 4.79 Å². The molecule has 0 aromatic carbocycles. The first-order valence-electron chi connectivity index (χ1n) is 6.96. The Morgan fingerprint density at radius 3 is 2.95 bits per heavy atom. The van der Waals surface area contributed by atoms with Crippen LogP contribution in [-0.2, 0) is 11.3 Å². The third kappa shape index (κ3) is 3.84. The molecule has 1 aromatic heterocycles. The van der Waals surface area contributed by atoms with Crippen LogP contribution in [-0.4, -0.2) is 34.6 Å². The van der Waals surface area contributed by atoms with Crippen LogP contribution in [0, 0.1) is 11.8 Å². The van der Waals surface area contributed by atoms with Crippen LogP contribution in [0.3, 0.4) is 0 Å². The molecule has 0 bridgehead atoms. The first-order chi connectivity index (χ1) is 10.2. The molecule has 1 unspecified atom stereocenters. The summed E-state index contributed by atoms with van der Waals surface area (Å²) in [7, 11) is 0. The molecular formula is C15H18N2O3S. The van der Waals surface area contributed by atoms with E-state index in [1.807, 2.05) is 19.1 Å². The summed E-state index contributed by atoms with van der Waals surface area (Å²) in [6, 6.07) is 3.04. The quantitative estimate of drug-likeness (QED) is 0.642. The Morgan fingerprint density at radius 1 is 1.43 bits per heavy atom. The van der Waals surface area contributed by atoms with E-state index in [1.165, 1.54) is 16.2 Å². The van der Waals surface area contributed by atoms with Crippen LogP contribution in [0.2, 0.25) is 0 Å². The van der Waals surface area contributed by atoms with Crippen molar-refractivity contribution in [2.45, 2.75) is 38.8 Å². The van der Waals surface area contributed by atoms with Gasteiger partial charge in [0.15, 0.2) is 0 Å². The molecule has 5 nitrogen and oxygen atoms in total. The summed E-state index contributed by atoms with van der Waals surface area (Å²) in [5, 5.41) is 11.4. The Balaban J connectivity index is 2.00. The molecule has 0 saturated carbocycles. The molecule has 1 aromatic rings. The Bertz CT molecular complexity index is 585. The zero-order valence-electron chi connectivity index (χ0n) is 11.9. The first kappa shape index (κ1) is 15.5. The topological polar surface area (TPSA) is 69.6 Å². The molecule has 0 radical (unpaired) electrons. The van der Waals surface area contributed by atoms with Crippen LogP contribution >= 0.6 is 11.3 Å². The zero-order chi connectivity index (χ0) is 15.2. The van der Waals surface area contributed by atoms with Gasteiger partial charge < -0.3 is 10.4 Å². The molecule has 0 aliphatic carbocycles. The Kier molecular flexibility index (Phi) is 5.37. The Labute approximate surface area is 128 Å². The highest BCUT2D eigenvalue weighted by atomic mass is 32.1. The third-order valence-electron chi connectivity index (χ3n) is 3.11. The minimum atomic E-state index is -0.383. The molecular weight excluding hydrogens is 288 g/mol. The van der Waals surface area contributed by atoms with E-state index in [4.69, 9.17) is 5.11 Å². The summed E-state index contributed by atoms with van der Waals surface area (Å²) in [6.07, 6.45) is 1.97. The first-order valence-corrected chi connectivity index (χ1v) is 7.77. The molecule has 0 spiro atoms. The molecule has 2 heterocycles. The second-order valence-corrected chi connectivity index (χ2v) is 5.92. The van der Waals surface area contributed by atoms with Crippen LogP contribution in [0.25, 0.3) is 0 Å². The number of aliphatic hydroxyl groups excluding tert-OH is 1. The summed E-state index contributed by atoms with van der Waals surface area (Å²) in [6.45, 7) is 2.32. The summed E-state index contributed by atoms with van der Waals surface area (Å²) >= 11 is 1.46. The predicted molar refractivity (Wildman–Crippen MR) is 80.7 cm³/mol. The zero-order valence-corrected chi connectivity index (χ0v) is 12.7. The summed E-state index contributed by atoms with van der Waals surface area (Å²) in [5.74, 6) is 5.65. The van der Waals surface area contributed by atoms with Gasteiger partial charge in [-0.2, -0.15) is 0 Å². The highest BCUT2D eigenvalue weighted by Gasteiger charge is 2.37. The predicted octanol–water partition coefficient (Wildman–Crippen LogP) is 1.70. The monoisotopic (exact) mass is 306 g/mol. The highest BCUT2D eigenvalue weighted by Crippen LogP contribution is 2.20. The maximum Gasteiger partial charge on any atom is 0.325 e. The van der Waals surface area contributed by atoms with Gasteiger partial charge in [-0.05, 0) is 18.6 Å². The Morgan fingerprint density at radius 2 is 2.24 bits per heavy atom.